The Bertz CT molecular complexity index is 3060. The third-order valence-electron chi connectivity index (χ3n) is 16.1. The first kappa shape index (κ1) is 49.8. The maximum Gasteiger partial charge on any atom is 0.0465 e. The first-order chi connectivity index (χ1) is 34.4. The number of halogens is 3. The van der Waals surface area contributed by atoms with Gasteiger partial charge in [0, 0.05) is 40.4 Å². The second-order valence-electron chi connectivity index (χ2n) is 21.4. The van der Waals surface area contributed by atoms with Crippen LogP contribution in [0.3, 0.4) is 0 Å². The Labute approximate surface area is 455 Å². The molecule has 360 valence electrons. The lowest BCUT2D eigenvalue weighted by Gasteiger charge is -2.29. The molecule has 2 saturated carbocycles. The smallest absolute Gasteiger partial charge is 0.0465 e. The summed E-state index contributed by atoms with van der Waals surface area (Å²) in [4.78, 5) is 2.40. The van der Waals surface area contributed by atoms with Crippen LogP contribution in [0.25, 0.3) is 22.3 Å². The van der Waals surface area contributed by atoms with Crippen molar-refractivity contribution in [2.45, 2.75) is 121 Å². The first-order valence-corrected chi connectivity index (χ1v) is 28.7. The predicted molar refractivity (Wildman–Crippen MR) is 318 cm³/mol. The third-order valence-corrected chi connectivity index (χ3v) is 17.8. The van der Waals surface area contributed by atoms with E-state index >= 15 is 0 Å². The minimum Gasteiger partial charge on any atom is -0.310 e. The molecule has 0 amide bonds. The van der Waals surface area contributed by atoms with E-state index in [-0.39, 0.29) is 10.8 Å². The van der Waals surface area contributed by atoms with E-state index in [9.17, 15) is 0 Å². The molecule has 0 heterocycles. The monoisotopic (exact) mass is 1170 g/mol. The van der Waals surface area contributed by atoms with Crippen LogP contribution >= 0.6 is 54.5 Å². The summed E-state index contributed by atoms with van der Waals surface area (Å²) in [5.41, 5.74) is 20.9. The van der Waals surface area contributed by atoms with Crippen LogP contribution in [0.4, 0.5) is 17.1 Å². The van der Waals surface area contributed by atoms with E-state index in [0.29, 0.717) is 0 Å². The molecule has 0 radical (unpaired) electrons. The molecule has 4 aliphatic carbocycles. The molecule has 0 N–H and O–H groups in total. The SMILES string of the molecule is Brc1ccc(I)cc1.CC1(C)c2ccccc2-c2ccc(Cc3ccc(C4CCCCC4)cc3)cc21.CC1(C)c2ccccc2-c2ccc(N(c3ccc(Br)cc3)c3ccc(C4CCCCC4)cc3)cc21. The summed E-state index contributed by atoms with van der Waals surface area (Å²) in [5.74, 6) is 1.51. The van der Waals surface area contributed by atoms with Gasteiger partial charge in [-0.2, -0.15) is 0 Å². The van der Waals surface area contributed by atoms with Crippen molar-refractivity contribution < 1.29 is 0 Å². The molecule has 0 aromatic heterocycles. The van der Waals surface area contributed by atoms with Crippen molar-refractivity contribution in [1.82, 2.24) is 0 Å². The highest BCUT2D eigenvalue weighted by molar-refractivity contribution is 14.1. The Morgan fingerprint density at radius 3 is 1.31 bits per heavy atom. The zero-order chi connectivity index (χ0) is 49.1. The third kappa shape index (κ3) is 10.8. The number of nitrogens with zero attached hydrogens (tertiary/aromatic N) is 1. The van der Waals surface area contributed by atoms with E-state index in [0.717, 1.165) is 27.2 Å². The minimum absolute atomic E-state index is 0.0157. The largest absolute Gasteiger partial charge is 0.310 e. The van der Waals surface area contributed by atoms with E-state index in [1.807, 2.05) is 12.1 Å². The number of benzene rings is 8. The van der Waals surface area contributed by atoms with Gasteiger partial charge in [-0.15, -0.1) is 0 Å². The van der Waals surface area contributed by atoms with Crippen molar-refractivity contribution in [2.75, 3.05) is 4.90 Å². The van der Waals surface area contributed by atoms with Gasteiger partial charge in [-0.1, -0.05) is 207 Å². The van der Waals surface area contributed by atoms with Crippen molar-refractivity contribution >= 4 is 71.5 Å². The Morgan fingerprint density at radius 1 is 0.408 bits per heavy atom. The molecule has 71 heavy (non-hydrogen) atoms. The zero-order valence-corrected chi connectivity index (χ0v) is 47.2. The molecule has 8 aromatic rings. The summed E-state index contributed by atoms with van der Waals surface area (Å²) in [6, 6.07) is 67.6. The highest BCUT2D eigenvalue weighted by atomic mass is 127. The Balaban J connectivity index is 0.000000144. The standard InChI is InChI=1S/C33H32BrN.C28H30.C6H4BrI/c1-33(2)31-11-7-6-10-29(31)30-21-20-28(22-32(30)33)35(27-18-14-25(34)15-19-27)26-16-12-24(13-17-26)23-8-4-3-5-9-23;1-28(2)26-11-7-6-10-24(26)25-17-14-21(19-27(25)28)18-20-12-15-23(16-13-20)22-8-4-3-5-9-22;7-5-1-3-6(8)4-2-5/h6-7,10-23H,3-5,8-9H2,1-2H3;6-7,10-17,19,22H,3-5,8-9,18H2,1-2H3;1-4H. The Morgan fingerprint density at radius 2 is 0.803 bits per heavy atom. The lowest BCUT2D eigenvalue weighted by molar-refractivity contribution is 0.443. The maximum absolute atomic E-state index is 3.61. The molecule has 1 nitrogen and oxygen atoms in total. The van der Waals surface area contributed by atoms with Gasteiger partial charge in [0.25, 0.3) is 0 Å². The van der Waals surface area contributed by atoms with Crippen LogP contribution in [0, 0.1) is 3.57 Å². The summed E-state index contributed by atoms with van der Waals surface area (Å²) < 4.78 is 3.50. The van der Waals surface area contributed by atoms with Crippen LogP contribution in [-0.2, 0) is 17.3 Å². The molecule has 4 aliphatic rings. The normalized spacial score (nSPS) is 16.3. The van der Waals surface area contributed by atoms with Crippen LogP contribution < -0.4 is 4.90 Å². The van der Waals surface area contributed by atoms with Gasteiger partial charge in [-0.3, -0.25) is 0 Å². The van der Waals surface area contributed by atoms with Gasteiger partial charge in [0.1, 0.15) is 0 Å². The Kier molecular flexibility index (Phi) is 15.3. The van der Waals surface area contributed by atoms with Crippen molar-refractivity contribution in [3.63, 3.8) is 0 Å². The average Bonchev–Trinajstić information content (AvgIpc) is 3.78. The number of rotatable bonds is 7. The van der Waals surface area contributed by atoms with Crippen molar-refractivity contribution in [1.29, 1.82) is 0 Å². The van der Waals surface area contributed by atoms with Gasteiger partial charge in [0.2, 0.25) is 0 Å². The number of fused-ring (bicyclic) bond motifs is 6. The van der Waals surface area contributed by atoms with Gasteiger partial charge in [0.15, 0.2) is 0 Å². The first-order valence-electron chi connectivity index (χ1n) is 26.1. The van der Waals surface area contributed by atoms with E-state index in [2.05, 4.69) is 257 Å². The maximum atomic E-state index is 3.61. The van der Waals surface area contributed by atoms with Crippen molar-refractivity contribution in [2.24, 2.45) is 0 Å². The van der Waals surface area contributed by atoms with Crippen molar-refractivity contribution in [3.8, 4) is 22.3 Å². The average molecular weight is 1170 g/mol. The molecule has 0 unspecified atom stereocenters. The van der Waals surface area contributed by atoms with E-state index in [1.165, 1.54) is 146 Å². The predicted octanol–water partition coefficient (Wildman–Crippen LogP) is 21.0. The molecule has 0 spiro atoms. The quantitative estimate of drug-likeness (QED) is 0.144. The molecule has 0 saturated heterocycles. The molecule has 2 fully saturated rings. The van der Waals surface area contributed by atoms with Gasteiger partial charge in [0.05, 0.1) is 0 Å². The van der Waals surface area contributed by atoms with Crippen LogP contribution in [0.1, 0.15) is 148 Å². The van der Waals surface area contributed by atoms with E-state index < -0.39 is 0 Å². The summed E-state index contributed by atoms with van der Waals surface area (Å²) in [6.45, 7) is 9.43. The highest BCUT2D eigenvalue weighted by Gasteiger charge is 2.37. The number of hydrogen-bond acceptors (Lipinski definition) is 1. The minimum atomic E-state index is -0.0157. The van der Waals surface area contributed by atoms with Crippen LogP contribution in [-0.4, -0.2) is 0 Å². The summed E-state index contributed by atoms with van der Waals surface area (Å²) in [7, 11) is 0. The number of hydrogen-bond donors (Lipinski definition) is 0. The lowest BCUT2D eigenvalue weighted by Crippen LogP contribution is -2.16. The topological polar surface area (TPSA) is 3.24 Å². The second-order valence-corrected chi connectivity index (χ2v) is 24.5. The van der Waals surface area contributed by atoms with E-state index in [4.69, 9.17) is 0 Å². The summed E-state index contributed by atoms with van der Waals surface area (Å²) >= 11 is 9.23. The van der Waals surface area contributed by atoms with Crippen LogP contribution in [0.2, 0.25) is 0 Å². The molecular weight excluding hydrogens is 1110 g/mol. The highest BCUT2D eigenvalue weighted by Crippen LogP contribution is 2.51. The fourth-order valence-electron chi connectivity index (χ4n) is 12.1. The van der Waals surface area contributed by atoms with Gasteiger partial charge in [-0.25, -0.2) is 0 Å². The summed E-state index contributed by atoms with van der Waals surface area (Å²) in [6.07, 6.45) is 14.8. The molecule has 0 aliphatic heterocycles. The molecule has 4 heteroatoms. The van der Waals surface area contributed by atoms with Gasteiger partial charge in [-0.05, 0) is 206 Å². The molecule has 8 aromatic carbocycles. The van der Waals surface area contributed by atoms with Crippen LogP contribution in [0.15, 0.2) is 191 Å². The van der Waals surface area contributed by atoms with Gasteiger partial charge < -0.3 is 4.90 Å². The van der Waals surface area contributed by atoms with Gasteiger partial charge >= 0.3 is 0 Å². The number of anilines is 3. The van der Waals surface area contributed by atoms with Crippen LogP contribution in [0.5, 0.6) is 0 Å². The lowest BCUT2D eigenvalue weighted by atomic mass is 9.81. The molecular formula is C67H66Br2IN. The fraction of sp³-hybridized carbons (Fsp3) is 0.284. The molecule has 12 rings (SSSR count). The fourth-order valence-corrected chi connectivity index (χ4v) is 13.0. The van der Waals surface area contributed by atoms with E-state index in [1.54, 1.807) is 5.56 Å². The summed E-state index contributed by atoms with van der Waals surface area (Å²) in [5, 5.41) is 0. The zero-order valence-electron chi connectivity index (χ0n) is 41.8. The Hall–Kier alpha value is -4.75. The molecule has 0 atom stereocenters. The second kappa shape index (κ2) is 21.8. The molecule has 0 bridgehead atoms. The van der Waals surface area contributed by atoms with Crippen molar-refractivity contribution in [3.05, 3.63) is 239 Å².